The molecule has 0 aromatic heterocycles. The number of nitrogens with zero attached hydrogens (tertiary/aromatic N) is 1. The highest BCUT2D eigenvalue weighted by atomic mass is 15.0. The number of unbranched alkanes of at least 4 members (excludes halogenated alkanes) is 47. The first-order chi connectivity index (χ1) is 26.3. The van der Waals surface area contributed by atoms with Gasteiger partial charge in [0.05, 0.1) is 0 Å². The minimum absolute atomic E-state index is 1.26. The molecule has 0 saturated carbocycles. The normalized spacial score (nSPS) is 11.8. The fourth-order valence-electron chi connectivity index (χ4n) is 8.63. The average molecular weight is 746 g/mol. The molecule has 0 fully saturated rings. The molecule has 0 saturated heterocycles. The third-order valence-electron chi connectivity index (χ3n) is 12.5. The van der Waals surface area contributed by atoms with Gasteiger partial charge in [-0.2, -0.15) is 0 Å². The van der Waals surface area contributed by atoms with E-state index in [9.17, 15) is 0 Å². The zero-order valence-corrected chi connectivity index (χ0v) is 38.1. The smallest absolute Gasteiger partial charge is 0.00248 e. The van der Waals surface area contributed by atoms with Crippen LogP contribution in [-0.2, 0) is 0 Å². The van der Waals surface area contributed by atoms with Crippen LogP contribution in [-0.4, -0.2) is 25.5 Å². The zero-order valence-electron chi connectivity index (χ0n) is 38.1. The predicted octanol–water partition coefficient (Wildman–Crippen LogP) is 19.3. The topological polar surface area (TPSA) is 3.24 Å². The lowest BCUT2D eigenvalue weighted by atomic mass is 10.0. The second-order valence-corrected chi connectivity index (χ2v) is 18.4. The van der Waals surface area contributed by atoms with Gasteiger partial charge in [0, 0.05) is 0 Å². The first-order valence-corrected chi connectivity index (χ1v) is 25.9. The predicted molar refractivity (Wildman–Crippen MR) is 246 cm³/mol. The molecule has 0 heterocycles. The third-order valence-corrected chi connectivity index (χ3v) is 12.5. The molecule has 0 unspecified atom stereocenters. The molecule has 0 aliphatic rings. The van der Waals surface area contributed by atoms with Gasteiger partial charge in [-0.3, -0.25) is 0 Å². The van der Waals surface area contributed by atoms with E-state index < -0.39 is 0 Å². The van der Waals surface area contributed by atoms with E-state index in [2.05, 4.69) is 25.9 Å². The van der Waals surface area contributed by atoms with Crippen LogP contribution in [0.15, 0.2) is 0 Å². The molecule has 0 amide bonds. The van der Waals surface area contributed by atoms with Crippen molar-refractivity contribution in [3.8, 4) is 0 Å². The summed E-state index contributed by atoms with van der Waals surface area (Å²) in [4.78, 5) is 2.31. The molecule has 0 spiro atoms. The monoisotopic (exact) mass is 746 g/mol. The third kappa shape index (κ3) is 52.0. The Morgan fingerprint density at radius 1 is 0.170 bits per heavy atom. The maximum Gasteiger partial charge on any atom is -0.00248 e. The van der Waals surface area contributed by atoms with Gasteiger partial charge in [-0.25, -0.2) is 0 Å². The van der Waals surface area contributed by atoms with Crippen molar-refractivity contribution in [1.82, 2.24) is 4.90 Å². The molecule has 0 rings (SSSR count). The minimum atomic E-state index is 1.26. The van der Waals surface area contributed by atoms with E-state index in [1.165, 1.54) is 315 Å². The fourth-order valence-corrected chi connectivity index (χ4v) is 8.63. The van der Waals surface area contributed by atoms with Gasteiger partial charge in [0.2, 0.25) is 0 Å². The van der Waals surface area contributed by atoms with Crippen LogP contribution in [0.4, 0.5) is 0 Å². The van der Waals surface area contributed by atoms with Crippen LogP contribution in [0, 0.1) is 0 Å². The Labute approximate surface area is 339 Å². The van der Waals surface area contributed by atoms with Crippen molar-refractivity contribution in [2.24, 2.45) is 0 Å². The lowest BCUT2D eigenvalue weighted by molar-refractivity contribution is 0.389. The lowest BCUT2D eigenvalue weighted by Crippen LogP contribution is -2.12. The van der Waals surface area contributed by atoms with Gasteiger partial charge < -0.3 is 4.90 Å². The summed E-state index contributed by atoms with van der Waals surface area (Å²) in [6.07, 6.45) is 71.2. The van der Waals surface area contributed by atoms with Gasteiger partial charge in [0.1, 0.15) is 0 Å². The van der Waals surface area contributed by atoms with Gasteiger partial charge in [0.25, 0.3) is 0 Å². The Kier molecular flexibility index (Phi) is 49.9. The van der Waals surface area contributed by atoms with Crippen molar-refractivity contribution >= 4 is 0 Å². The van der Waals surface area contributed by atoms with E-state index in [4.69, 9.17) is 0 Å². The van der Waals surface area contributed by atoms with Crippen molar-refractivity contribution in [2.75, 3.05) is 20.6 Å². The Morgan fingerprint density at radius 3 is 0.396 bits per heavy atom. The van der Waals surface area contributed by atoms with Crippen molar-refractivity contribution < 1.29 is 0 Å². The lowest BCUT2D eigenvalue weighted by Gasteiger charge is -2.08. The molecule has 0 radical (unpaired) electrons. The van der Waals surface area contributed by atoms with Crippen LogP contribution in [0.2, 0.25) is 0 Å². The molecule has 0 aromatic carbocycles. The fraction of sp³-hybridized carbons (Fsp3) is 1.00. The highest BCUT2D eigenvalue weighted by molar-refractivity contribution is 4.55. The van der Waals surface area contributed by atoms with Crippen molar-refractivity contribution in [2.45, 2.75) is 315 Å². The maximum atomic E-state index is 2.31. The first kappa shape index (κ1) is 53.0. The Balaban J connectivity index is 3.05. The summed E-state index contributed by atoms with van der Waals surface area (Å²) >= 11 is 0. The summed E-state index contributed by atoms with van der Waals surface area (Å²) in [5.41, 5.74) is 0. The largest absolute Gasteiger partial charge is 0.309 e. The summed E-state index contributed by atoms with van der Waals surface area (Å²) in [6.45, 7) is 3.58. The Hall–Kier alpha value is -0.0400. The molecule has 0 N–H and O–H groups in total. The van der Waals surface area contributed by atoms with Gasteiger partial charge in [0.15, 0.2) is 0 Å². The standard InChI is InChI=1S/C52H107N/c1-4-5-6-7-8-9-10-11-12-13-14-15-16-17-18-19-20-21-22-23-24-25-26-27-28-29-30-31-32-33-34-35-36-37-38-39-40-41-42-43-44-45-46-47-48-49-50-51-52-53(2)3/h4-52H2,1-3H3. The van der Waals surface area contributed by atoms with E-state index in [0.717, 1.165) is 0 Å². The van der Waals surface area contributed by atoms with E-state index in [-0.39, 0.29) is 0 Å². The van der Waals surface area contributed by atoms with Gasteiger partial charge in [-0.15, -0.1) is 0 Å². The molecule has 0 bridgehead atoms. The summed E-state index contributed by atoms with van der Waals surface area (Å²) < 4.78 is 0. The van der Waals surface area contributed by atoms with Gasteiger partial charge in [-0.05, 0) is 27.1 Å². The number of hydrogen-bond acceptors (Lipinski definition) is 1. The Morgan fingerprint density at radius 2 is 0.283 bits per heavy atom. The molecule has 0 aliphatic carbocycles. The number of hydrogen-bond donors (Lipinski definition) is 0. The number of rotatable bonds is 49. The second-order valence-electron chi connectivity index (χ2n) is 18.4. The van der Waals surface area contributed by atoms with Crippen LogP contribution in [0.25, 0.3) is 0 Å². The summed E-state index contributed by atoms with van der Waals surface area (Å²) in [7, 11) is 4.38. The van der Waals surface area contributed by atoms with Crippen LogP contribution in [0.1, 0.15) is 315 Å². The van der Waals surface area contributed by atoms with Crippen molar-refractivity contribution in [1.29, 1.82) is 0 Å². The Bertz CT molecular complexity index is 598. The van der Waals surface area contributed by atoms with Crippen LogP contribution in [0.5, 0.6) is 0 Å². The van der Waals surface area contributed by atoms with Gasteiger partial charge in [-0.1, -0.05) is 309 Å². The van der Waals surface area contributed by atoms with Crippen LogP contribution < -0.4 is 0 Å². The zero-order chi connectivity index (χ0) is 38.2. The molecular weight excluding hydrogens is 639 g/mol. The van der Waals surface area contributed by atoms with E-state index in [0.29, 0.717) is 0 Å². The molecule has 0 aromatic rings. The first-order valence-electron chi connectivity index (χ1n) is 25.9. The minimum Gasteiger partial charge on any atom is -0.309 e. The highest BCUT2D eigenvalue weighted by Crippen LogP contribution is 2.18. The van der Waals surface area contributed by atoms with E-state index in [1.54, 1.807) is 0 Å². The summed E-state index contributed by atoms with van der Waals surface area (Å²) in [6, 6.07) is 0. The highest BCUT2D eigenvalue weighted by Gasteiger charge is 1.99. The van der Waals surface area contributed by atoms with Crippen LogP contribution >= 0.6 is 0 Å². The van der Waals surface area contributed by atoms with Crippen molar-refractivity contribution in [3.63, 3.8) is 0 Å². The van der Waals surface area contributed by atoms with Gasteiger partial charge >= 0.3 is 0 Å². The molecule has 1 heteroatoms. The quantitative estimate of drug-likeness (QED) is 0.0561. The summed E-state index contributed by atoms with van der Waals surface area (Å²) in [5, 5.41) is 0. The van der Waals surface area contributed by atoms with E-state index >= 15 is 0 Å². The molecular formula is C52H107N. The molecule has 1 nitrogen and oxygen atoms in total. The van der Waals surface area contributed by atoms with Crippen LogP contribution in [0.3, 0.4) is 0 Å². The van der Waals surface area contributed by atoms with Crippen molar-refractivity contribution in [3.05, 3.63) is 0 Å². The molecule has 0 atom stereocenters. The van der Waals surface area contributed by atoms with E-state index in [1.807, 2.05) is 0 Å². The SMILES string of the molecule is CCCCCCCCCCCCCCCCCCCCCCCCCCCCCCCCCCCCCCCCCCCCCCCCCCN(C)C. The summed E-state index contributed by atoms with van der Waals surface area (Å²) in [5.74, 6) is 0. The average Bonchev–Trinajstić information content (AvgIpc) is 3.15. The maximum absolute atomic E-state index is 2.31. The molecule has 53 heavy (non-hydrogen) atoms. The molecule has 320 valence electrons. The molecule has 0 aliphatic heterocycles. The second kappa shape index (κ2) is 50.0.